The van der Waals surface area contributed by atoms with Crippen LogP contribution in [0.3, 0.4) is 0 Å². The van der Waals surface area contributed by atoms with E-state index in [1.165, 1.54) is 0 Å². The van der Waals surface area contributed by atoms with E-state index in [9.17, 15) is 9.59 Å². The summed E-state index contributed by atoms with van der Waals surface area (Å²) in [5, 5.41) is 5.59. The van der Waals surface area contributed by atoms with Crippen LogP contribution in [0.5, 0.6) is 0 Å². The molecule has 0 aliphatic heterocycles. The Bertz CT molecular complexity index is 646. The van der Waals surface area contributed by atoms with Gasteiger partial charge >= 0.3 is 6.03 Å². The van der Waals surface area contributed by atoms with Crippen LogP contribution in [0, 0.1) is 0 Å². The Morgan fingerprint density at radius 3 is 2.12 bits per heavy atom. The van der Waals surface area contributed by atoms with E-state index in [4.69, 9.17) is 0 Å². The molecule has 0 saturated heterocycles. The van der Waals surface area contributed by atoms with Crippen LogP contribution >= 0.6 is 0 Å². The van der Waals surface area contributed by atoms with Crippen molar-refractivity contribution in [1.82, 2.24) is 20.1 Å². The van der Waals surface area contributed by atoms with E-state index in [0.717, 1.165) is 5.69 Å². The number of aromatic nitrogens is 1. The van der Waals surface area contributed by atoms with Crippen LogP contribution in [-0.2, 0) is 0 Å². The highest BCUT2D eigenvalue weighted by molar-refractivity contribution is 5.94. The number of carbonyl (C=O) groups is 2. The van der Waals surface area contributed by atoms with Crippen LogP contribution in [-0.4, -0.2) is 47.6 Å². The maximum absolute atomic E-state index is 12.1. The van der Waals surface area contributed by atoms with Crippen LogP contribution < -0.4 is 10.6 Å². The van der Waals surface area contributed by atoms with Gasteiger partial charge in [0.1, 0.15) is 0 Å². The third kappa shape index (κ3) is 4.62. The molecule has 0 bridgehead atoms. The van der Waals surface area contributed by atoms with Crippen LogP contribution in [0.15, 0.2) is 48.8 Å². The Hall–Kier alpha value is -2.76. The molecular weight excluding hydrogens is 304 g/mol. The Balaban J connectivity index is 1.77. The lowest BCUT2D eigenvalue weighted by atomic mass is 10.2. The standard InChI is InChI=1S/C18H24N4O2/c1-3-21(4-2)18(24)20-12-11-19-17(23)15-7-9-16(10-8-15)22-13-5-6-14-22/h5-10,13-14H,3-4,11-12H2,1-2H3,(H,19,23)(H,20,24). The fourth-order valence-electron chi connectivity index (χ4n) is 2.36. The highest BCUT2D eigenvalue weighted by Crippen LogP contribution is 2.09. The fraction of sp³-hybridized carbons (Fsp3) is 0.333. The Kier molecular flexibility index (Phi) is 6.42. The minimum Gasteiger partial charge on any atom is -0.350 e. The van der Waals surface area contributed by atoms with E-state index >= 15 is 0 Å². The summed E-state index contributed by atoms with van der Waals surface area (Å²) >= 11 is 0. The van der Waals surface area contributed by atoms with Gasteiger partial charge in [0.15, 0.2) is 0 Å². The van der Waals surface area contributed by atoms with Crippen molar-refractivity contribution < 1.29 is 9.59 Å². The number of hydrogen-bond donors (Lipinski definition) is 2. The normalized spacial score (nSPS) is 10.2. The van der Waals surface area contributed by atoms with Gasteiger partial charge in [-0.15, -0.1) is 0 Å². The first-order valence-electron chi connectivity index (χ1n) is 8.20. The average molecular weight is 328 g/mol. The molecule has 6 nitrogen and oxygen atoms in total. The third-order valence-electron chi connectivity index (χ3n) is 3.77. The highest BCUT2D eigenvalue weighted by atomic mass is 16.2. The largest absolute Gasteiger partial charge is 0.350 e. The minimum atomic E-state index is -0.147. The SMILES string of the molecule is CCN(CC)C(=O)NCCNC(=O)c1ccc(-n2cccc2)cc1. The summed E-state index contributed by atoms with van der Waals surface area (Å²) < 4.78 is 1.98. The lowest BCUT2D eigenvalue weighted by Gasteiger charge is -2.19. The summed E-state index contributed by atoms with van der Waals surface area (Å²) in [6, 6.07) is 11.2. The quantitative estimate of drug-likeness (QED) is 0.766. The Labute approximate surface area is 142 Å². The number of amides is 3. The number of nitrogens with one attached hydrogen (secondary N) is 2. The zero-order valence-electron chi connectivity index (χ0n) is 14.2. The number of benzene rings is 1. The second-order valence-electron chi connectivity index (χ2n) is 5.30. The lowest BCUT2D eigenvalue weighted by molar-refractivity contribution is 0.0953. The molecule has 24 heavy (non-hydrogen) atoms. The molecule has 2 rings (SSSR count). The summed E-state index contributed by atoms with van der Waals surface area (Å²) in [5.74, 6) is -0.147. The molecule has 3 amide bonds. The van der Waals surface area contributed by atoms with E-state index in [0.29, 0.717) is 31.7 Å². The van der Waals surface area contributed by atoms with Crippen molar-refractivity contribution in [3.05, 3.63) is 54.4 Å². The molecule has 0 saturated carbocycles. The molecule has 0 aliphatic rings. The molecule has 1 aromatic carbocycles. The summed E-state index contributed by atoms with van der Waals surface area (Å²) in [6.45, 7) is 6.00. The predicted octanol–water partition coefficient (Wildman–Crippen LogP) is 2.26. The van der Waals surface area contributed by atoms with Gasteiger partial charge in [-0.3, -0.25) is 4.79 Å². The van der Waals surface area contributed by atoms with Crippen molar-refractivity contribution in [2.75, 3.05) is 26.2 Å². The van der Waals surface area contributed by atoms with Crippen molar-refractivity contribution in [3.63, 3.8) is 0 Å². The topological polar surface area (TPSA) is 66.4 Å². The summed E-state index contributed by atoms with van der Waals surface area (Å²) in [5.41, 5.74) is 1.60. The van der Waals surface area contributed by atoms with E-state index in [-0.39, 0.29) is 11.9 Å². The van der Waals surface area contributed by atoms with Gasteiger partial charge in [-0.2, -0.15) is 0 Å². The second kappa shape index (κ2) is 8.76. The van der Waals surface area contributed by atoms with Gasteiger partial charge < -0.3 is 20.1 Å². The number of urea groups is 1. The summed E-state index contributed by atoms with van der Waals surface area (Å²) in [7, 11) is 0. The number of rotatable bonds is 7. The third-order valence-corrected chi connectivity index (χ3v) is 3.77. The molecular formula is C18H24N4O2. The smallest absolute Gasteiger partial charge is 0.317 e. The van der Waals surface area contributed by atoms with Crippen molar-refractivity contribution in [3.8, 4) is 5.69 Å². The van der Waals surface area contributed by atoms with Gasteiger partial charge in [0.05, 0.1) is 0 Å². The second-order valence-corrected chi connectivity index (χ2v) is 5.30. The van der Waals surface area contributed by atoms with E-state index in [2.05, 4.69) is 10.6 Å². The zero-order valence-corrected chi connectivity index (χ0v) is 14.2. The molecule has 2 aromatic rings. The van der Waals surface area contributed by atoms with Crippen molar-refractivity contribution >= 4 is 11.9 Å². The first-order chi connectivity index (χ1) is 11.7. The summed E-state index contributed by atoms with van der Waals surface area (Å²) in [4.78, 5) is 25.6. The molecule has 0 unspecified atom stereocenters. The Morgan fingerprint density at radius 1 is 0.958 bits per heavy atom. The molecule has 6 heteroatoms. The van der Waals surface area contributed by atoms with Crippen LogP contribution in [0.1, 0.15) is 24.2 Å². The molecule has 0 spiro atoms. The highest BCUT2D eigenvalue weighted by Gasteiger charge is 2.09. The minimum absolute atomic E-state index is 0.106. The van der Waals surface area contributed by atoms with Crippen molar-refractivity contribution in [2.24, 2.45) is 0 Å². The number of hydrogen-bond acceptors (Lipinski definition) is 2. The Morgan fingerprint density at radius 2 is 1.54 bits per heavy atom. The van der Waals surface area contributed by atoms with Crippen LogP contribution in [0.25, 0.3) is 5.69 Å². The first-order valence-corrected chi connectivity index (χ1v) is 8.20. The van der Waals surface area contributed by atoms with E-state index in [1.54, 1.807) is 17.0 Å². The number of nitrogens with zero attached hydrogens (tertiary/aromatic N) is 2. The first kappa shape index (κ1) is 17.6. The number of carbonyl (C=O) groups excluding carboxylic acids is 2. The molecule has 0 fully saturated rings. The average Bonchev–Trinajstić information content (AvgIpc) is 3.14. The maximum Gasteiger partial charge on any atom is 0.317 e. The molecule has 128 valence electrons. The van der Waals surface area contributed by atoms with Crippen molar-refractivity contribution in [2.45, 2.75) is 13.8 Å². The van der Waals surface area contributed by atoms with Gasteiger partial charge in [0.2, 0.25) is 0 Å². The summed E-state index contributed by atoms with van der Waals surface area (Å²) in [6.07, 6.45) is 3.90. The van der Waals surface area contributed by atoms with Crippen LogP contribution in [0.4, 0.5) is 4.79 Å². The maximum atomic E-state index is 12.1. The molecule has 0 aliphatic carbocycles. The van der Waals surface area contributed by atoms with Gasteiger partial charge in [-0.25, -0.2) is 4.79 Å². The van der Waals surface area contributed by atoms with Gasteiger partial charge in [-0.1, -0.05) is 0 Å². The molecule has 1 aromatic heterocycles. The molecule has 1 heterocycles. The molecule has 2 N–H and O–H groups in total. The van der Waals surface area contributed by atoms with E-state index < -0.39 is 0 Å². The van der Waals surface area contributed by atoms with E-state index in [1.807, 2.05) is 55.1 Å². The van der Waals surface area contributed by atoms with Gasteiger partial charge in [0, 0.05) is 49.8 Å². The van der Waals surface area contributed by atoms with Gasteiger partial charge in [0.25, 0.3) is 5.91 Å². The van der Waals surface area contributed by atoms with Crippen LogP contribution in [0.2, 0.25) is 0 Å². The monoisotopic (exact) mass is 328 g/mol. The molecule has 0 atom stereocenters. The van der Waals surface area contributed by atoms with Gasteiger partial charge in [-0.05, 0) is 50.2 Å². The lowest BCUT2D eigenvalue weighted by Crippen LogP contribution is -2.42. The van der Waals surface area contributed by atoms with Crippen molar-refractivity contribution in [1.29, 1.82) is 0 Å². The molecule has 0 radical (unpaired) electrons. The predicted molar refractivity (Wildman–Crippen MR) is 94.4 cm³/mol. The fourth-order valence-corrected chi connectivity index (χ4v) is 2.36. The zero-order chi connectivity index (χ0) is 17.4.